The highest BCUT2D eigenvalue weighted by atomic mass is 79.9. The summed E-state index contributed by atoms with van der Waals surface area (Å²) in [5.41, 5.74) is 2.36. The zero-order chi connectivity index (χ0) is 16.6. The Morgan fingerprint density at radius 1 is 1.30 bits per heavy atom. The van der Waals surface area contributed by atoms with Crippen LogP contribution in [-0.2, 0) is 18.2 Å². The van der Waals surface area contributed by atoms with Crippen LogP contribution in [0.15, 0.2) is 40.9 Å². The van der Waals surface area contributed by atoms with Gasteiger partial charge in [-0.25, -0.2) is 14.2 Å². The number of hydrogen-bond donors (Lipinski definition) is 0. The first-order valence-electron chi connectivity index (χ1n) is 6.98. The van der Waals surface area contributed by atoms with E-state index in [-0.39, 0.29) is 5.82 Å². The van der Waals surface area contributed by atoms with Gasteiger partial charge in [0.15, 0.2) is 0 Å². The first kappa shape index (κ1) is 15.7. The monoisotopic (exact) mass is 376 g/mol. The molecule has 23 heavy (non-hydrogen) atoms. The molecule has 0 amide bonds. The molecule has 2 aromatic heterocycles. The predicted octanol–water partition coefficient (Wildman–Crippen LogP) is 3.85. The Morgan fingerprint density at radius 3 is 2.74 bits per heavy atom. The molecule has 4 nitrogen and oxygen atoms in total. The maximum atomic E-state index is 13.8. The fraction of sp³-hybridized carbons (Fsp3) is 0.176. The lowest BCUT2D eigenvalue weighted by atomic mass is 10.1. The van der Waals surface area contributed by atoms with Crippen LogP contribution in [0.25, 0.3) is 11.0 Å². The zero-order valence-electron chi connectivity index (χ0n) is 12.6. The van der Waals surface area contributed by atoms with Crippen molar-refractivity contribution in [1.29, 1.82) is 0 Å². The summed E-state index contributed by atoms with van der Waals surface area (Å²) >= 11 is 3.43. The number of methoxy groups -OCH3 is 1. The van der Waals surface area contributed by atoms with Crippen LogP contribution in [0.3, 0.4) is 0 Å². The molecule has 3 rings (SSSR count). The van der Waals surface area contributed by atoms with Crippen molar-refractivity contribution >= 4 is 32.9 Å². The van der Waals surface area contributed by atoms with E-state index in [4.69, 9.17) is 4.74 Å². The molecule has 1 aromatic carbocycles. The molecule has 2 heterocycles. The molecule has 0 aliphatic rings. The number of pyridine rings is 1. The fourth-order valence-corrected chi connectivity index (χ4v) is 3.29. The average Bonchev–Trinajstić information content (AvgIpc) is 2.80. The molecule has 0 aliphatic heterocycles. The minimum absolute atomic E-state index is 0.252. The minimum Gasteiger partial charge on any atom is -0.464 e. The van der Waals surface area contributed by atoms with Gasteiger partial charge in [0.2, 0.25) is 0 Å². The highest BCUT2D eigenvalue weighted by Gasteiger charge is 2.21. The van der Waals surface area contributed by atoms with Crippen molar-refractivity contribution < 1.29 is 13.9 Å². The molecular weight excluding hydrogens is 363 g/mol. The lowest BCUT2D eigenvalue weighted by molar-refractivity contribution is 0.0589. The number of ether oxygens (including phenoxy) is 1. The number of fused-ring (bicyclic) bond motifs is 1. The number of rotatable bonds is 3. The Labute approximate surface area is 141 Å². The standard InChI is InChI=1S/C17H14BrFN2O2/c1-21-15(17(22)23-2)14(18)12-8-7-11(20-16(12)21)9-10-5-3-4-6-13(10)19/h3-8H,9H2,1-2H3. The highest BCUT2D eigenvalue weighted by Crippen LogP contribution is 2.30. The summed E-state index contributed by atoms with van der Waals surface area (Å²) in [7, 11) is 3.09. The number of halogens is 2. The van der Waals surface area contributed by atoms with E-state index in [1.165, 1.54) is 13.2 Å². The van der Waals surface area contributed by atoms with Crippen LogP contribution >= 0.6 is 15.9 Å². The second-order valence-corrected chi connectivity index (χ2v) is 5.95. The van der Waals surface area contributed by atoms with E-state index < -0.39 is 5.97 Å². The van der Waals surface area contributed by atoms with E-state index in [1.807, 2.05) is 12.1 Å². The van der Waals surface area contributed by atoms with Crippen molar-refractivity contribution in [2.75, 3.05) is 7.11 Å². The molecule has 6 heteroatoms. The Balaban J connectivity index is 2.07. The normalized spacial score (nSPS) is 11.0. The van der Waals surface area contributed by atoms with E-state index in [0.29, 0.717) is 27.8 Å². The predicted molar refractivity (Wildman–Crippen MR) is 89.0 cm³/mol. The Kier molecular flexibility index (Phi) is 4.17. The third kappa shape index (κ3) is 2.74. The van der Waals surface area contributed by atoms with Gasteiger partial charge in [-0.1, -0.05) is 18.2 Å². The van der Waals surface area contributed by atoms with Crippen molar-refractivity contribution in [2.45, 2.75) is 6.42 Å². The molecule has 3 aromatic rings. The Hall–Kier alpha value is -2.21. The molecule has 0 radical (unpaired) electrons. The van der Waals surface area contributed by atoms with Gasteiger partial charge in [0.1, 0.15) is 17.2 Å². The Bertz CT molecular complexity index is 905. The second kappa shape index (κ2) is 6.12. The molecule has 0 N–H and O–H groups in total. The summed E-state index contributed by atoms with van der Waals surface area (Å²) in [6, 6.07) is 10.3. The van der Waals surface area contributed by atoms with Crippen LogP contribution in [-0.4, -0.2) is 22.6 Å². The van der Waals surface area contributed by atoms with Crippen molar-refractivity contribution in [2.24, 2.45) is 7.05 Å². The summed E-state index contributed by atoms with van der Waals surface area (Å²) in [6.07, 6.45) is 0.388. The quantitative estimate of drug-likeness (QED) is 0.652. The van der Waals surface area contributed by atoms with Gasteiger partial charge in [-0.15, -0.1) is 0 Å². The van der Waals surface area contributed by atoms with Crippen LogP contribution in [0, 0.1) is 5.82 Å². The van der Waals surface area contributed by atoms with Gasteiger partial charge in [-0.3, -0.25) is 0 Å². The first-order valence-corrected chi connectivity index (χ1v) is 7.77. The Morgan fingerprint density at radius 2 is 2.04 bits per heavy atom. The van der Waals surface area contributed by atoms with Crippen LogP contribution in [0.2, 0.25) is 0 Å². The largest absolute Gasteiger partial charge is 0.464 e. The van der Waals surface area contributed by atoms with Crippen molar-refractivity contribution in [1.82, 2.24) is 9.55 Å². The van der Waals surface area contributed by atoms with Crippen molar-refractivity contribution in [3.8, 4) is 0 Å². The lowest BCUT2D eigenvalue weighted by Gasteiger charge is -2.04. The molecular formula is C17H14BrFN2O2. The van der Waals surface area contributed by atoms with Crippen molar-refractivity contribution in [3.63, 3.8) is 0 Å². The van der Waals surface area contributed by atoms with Gasteiger partial charge < -0.3 is 9.30 Å². The van der Waals surface area contributed by atoms with Gasteiger partial charge in [-0.05, 0) is 39.7 Å². The van der Waals surface area contributed by atoms with E-state index in [0.717, 1.165) is 11.1 Å². The zero-order valence-corrected chi connectivity index (χ0v) is 14.2. The summed E-state index contributed by atoms with van der Waals surface area (Å²) < 4.78 is 20.9. The van der Waals surface area contributed by atoms with Gasteiger partial charge in [-0.2, -0.15) is 0 Å². The number of nitrogens with zero attached hydrogens (tertiary/aromatic N) is 2. The molecule has 0 aliphatic carbocycles. The van der Waals surface area contributed by atoms with Crippen LogP contribution in [0.4, 0.5) is 4.39 Å². The summed E-state index contributed by atoms with van der Waals surface area (Å²) in [6.45, 7) is 0. The lowest BCUT2D eigenvalue weighted by Crippen LogP contribution is -2.08. The highest BCUT2D eigenvalue weighted by molar-refractivity contribution is 9.10. The number of aromatic nitrogens is 2. The van der Waals surface area contributed by atoms with Crippen LogP contribution < -0.4 is 0 Å². The molecule has 0 bridgehead atoms. The van der Waals surface area contributed by atoms with Gasteiger partial charge in [0.05, 0.1) is 11.6 Å². The number of hydrogen-bond acceptors (Lipinski definition) is 3. The van der Waals surface area contributed by atoms with Crippen LogP contribution in [0.5, 0.6) is 0 Å². The summed E-state index contributed by atoms with van der Waals surface area (Å²) in [5, 5.41) is 0.810. The molecule has 0 unspecified atom stereocenters. The first-order chi connectivity index (χ1) is 11.0. The van der Waals surface area contributed by atoms with E-state index >= 15 is 0 Å². The van der Waals surface area contributed by atoms with Gasteiger partial charge >= 0.3 is 5.97 Å². The smallest absolute Gasteiger partial charge is 0.355 e. The van der Waals surface area contributed by atoms with Crippen LogP contribution in [0.1, 0.15) is 21.7 Å². The minimum atomic E-state index is -0.437. The molecule has 0 spiro atoms. The maximum absolute atomic E-state index is 13.8. The topological polar surface area (TPSA) is 44.1 Å². The third-order valence-corrected chi connectivity index (χ3v) is 4.54. The summed E-state index contributed by atoms with van der Waals surface area (Å²) in [5.74, 6) is -0.689. The van der Waals surface area contributed by atoms with E-state index in [1.54, 1.807) is 29.8 Å². The fourth-order valence-electron chi connectivity index (χ4n) is 2.55. The second-order valence-electron chi connectivity index (χ2n) is 5.16. The molecule has 0 atom stereocenters. The van der Waals surface area contributed by atoms with Gasteiger partial charge in [0, 0.05) is 24.5 Å². The third-order valence-electron chi connectivity index (χ3n) is 3.74. The maximum Gasteiger partial charge on any atom is 0.355 e. The van der Waals surface area contributed by atoms with Gasteiger partial charge in [0.25, 0.3) is 0 Å². The number of esters is 1. The number of benzene rings is 1. The molecule has 0 fully saturated rings. The van der Waals surface area contributed by atoms with Crippen molar-refractivity contribution in [3.05, 3.63) is 63.6 Å². The average molecular weight is 377 g/mol. The molecule has 0 saturated carbocycles. The number of aryl methyl sites for hydroxylation is 1. The summed E-state index contributed by atoms with van der Waals surface area (Å²) in [4.78, 5) is 16.5. The van der Waals surface area contributed by atoms with E-state index in [9.17, 15) is 9.18 Å². The number of carbonyl (C=O) groups is 1. The molecule has 0 saturated heterocycles. The van der Waals surface area contributed by atoms with E-state index in [2.05, 4.69) is 20.9 Å². The molecule has 118 valence electrons. The SMILES string of the molecule is COC(=O)c1c(Br)c2ccc(Cc3ccccc3F)nc2n1C. The number of carbonyl (C=O) groups excluding carboxylic acids is 1.